The summed E-state index contributed by atoms with van der Waals surface area (Å²) < 4.78 is 0. The van der Waals surface area contributed by atoms with Crippen molar-refractivity contribution < 1.29 is 14.7 Å². The lowest BCUT2D eigenvalue weighted by atomic mass is 9.76. The molecule has 2 heterocycles. The van der Waals surface area contributed by atoms with Gasteiger partial charge in [0.25, 0.3) is 0 Å². The second-order valence-electron chi connectivity index (χ2n) is 6.35. The number of piperidine rings is 1. The minimum atomic E-state index is -0.881. The van der Waals surface area contributed by atoms with E-state index < -0.39 is 12.0 Å². The summed E-state index contributed by atoms with van der Waals surface area (Å²) in [5, 5.41) is 12.8. The standard InChI is InChI=1S/C14H24N2O3S/c1-14(2)4-3-6-16(12(14)13(18)19)11(17)8-10-9-20-7-5-15-10/h10,12,15H,3-9H2,1-2H3,(H,18,19). The summed E-state index contributed by atoms with van der Waals surface area (Å²) in [6.45, 7) is 5.38. The smallest absolute Gasteiger partial charge is 0.326 e. The number of hydrogen-bond donors (Lipinski definition) is 2. The highest BCUT2D eigenvalue weighted by Crippen LogP contribution is 2.35. The molecule has 20 heavy (non-hydrogen) atoms. The molecule has 0 saturated carbocycles. The largest absolute Gasteiger partial charge is 0.480 e. The van der Waals surface area contributed by atoms with E-state index in [0.717, 1.165) is 30.9 Å². The maximum Gasteiger partial charge on any atom is 0.326 e. The van der Waals surface area contributed by atoms with E-state index >= 15 is 0 Å². The third-order valence-corrected chi connectivity index (χ3v) is 5.38. The molecule has 0 aromatic carbocycles. The fraction of sp³-hybridized carbons (Fsp3) is 0.857. The lowest BCUT2D eigenvalue weighted by Crippen LogP contribution is -2.57. The van der Waals surface area contributed by atoms with Crippen molar-refractivity contribution in [2.24, 2.45) is 5.41 Å². The van der Waals surface area contributed by atoms with Crippen molar-refractivity contribution in [3.63, 3.8) is 0 Å². The van der Waals surface area contributed by atoms with Crippen molar-refractivity contribution in [1.82, 2.24) is 10.2 Å². The van der Waals surface area contributed by atoms with Gasteiger partial charge in [-0.25, -0.2) is 4.79 Å². The van der Waals surface area contributed by atoms with Crippen LogP contribution in [0.15, 0.2) is 0 Å². The van der Waals surface area contributed by atoms with Crippen LogP contribution in [-0.4, -0.2) is 58.6 Å². The van der Waals surface area contributed by atoms with Crippen LogP contribution in [0.3, 0.4) is 0 Å². The first-order chi connectivity index (χ1) is 9.42. The van der Waals surface area contributed by atoms with Crippen molar-refractivity contribution in [3.05, 3.63) is 0 Å². The first-order valence-electron chi connectivity index (χ1n) is 7.25. The van der Waals surface area contributed by atoms with Crippen LogP contribution in [0, 0.1) is 5.41 Å². The molecule has 2 unspecified atom stereocenters. The van der Waals surface area contributed by atoms with Crippen molar-refractivity contribution in [2.45, 2.75) is 45.2 Å². The van der Waals surface area contributed by atoms with Crippen LogP contribution >= 0.6 is 11.8 Å². The molecule has 1 amide bonds. The molecule has 2 atom stereocenters. The molecule has 0 radical (unpaired) electrons. The average Bonchev–Trinajstić information content (AvgIpc) is 2.37. The summed E-state index contributed by atoms with van der Waals surface area (Å²) in [6.07, 6.45) is 2.15. The van der Waals surface area contributed by atoms with Crippen molar-refractivity contribution in [2.75, 3.05) is 24.6 Å². The number of rotatable bonds is 3. The van der Waals surface area contributed by atoms with E-state index in [2.05, 4.69) is 5.32 Å². The topological polar surface area (TPSA) is 69.6 Å². The zero-order valence-electron chi connectivity index (χ0n) is 12.2. The fourth-order valence-electron chi connectivity index (χ4n) is 3.21. The van der Waals surface area contributed by atoms with Crippen LogP contribution in [0.2, 0.25) is 0 Å². The molecular weight excluding hydrogens is 276 g/mol. The monoisotopic (exact) mass is 300 g/mol. The Labute approximate surface area is 124 Å². The van der Waals surface area contributed by atoms with Crippen LogP contribution in [-0.2, 0) is 9.59 Å². The summed E-state index contributed by atoms with van der Waals surface area (Å²) in [5.41, 5.74) is -0.353. The number of likely N-dealkylation sites (tertiary alicyclic amines) is 1. The molecule has 2 fully saturated rings. The van der Waals surface area contributed by atoms with Gasteiger partial charge in [-0.05, 0) is 18.3 Å². The number of carbonyl (C=O) groups is 2. The van der Waals surface area contributed by atoms with E-state index in [1.54, 1.807) is 4.90 Å². The number of aliphatic carboxylic acids is 1. The van der Waals surface area contributed by atoms with Gasteiger partial charge in [0.15, 0.2) is 0 Å². The zero-order chi connectivity index (χ0) is 14.8. The van der Waals surface area contributed by atoms with E-state index in [0.29, 0.717) is 13.0 Å². The molecule has 2 N–H and O–H groups in total. The van der Waals surface area contributed by atoms with Crippen LogP contribution in [0.1, 0.15) is 33.1 Å². The number of nitrogens with one attached hydrogen (secondary N) is 1. The first kappa shape index (κ1) is 15.6. The Hall–Kier alpha value is -0.750. The van der Waals surface area contributed by atoms with E-state index in [1.165, 1.54) is 0 Å². The molecule has 114 valence electrons. The Balaban J connectivity index is 2.04. The van der Waals surface area contributed by atoms with E-state index in [9.17, 15) is 14.7 Å². The second-order valence-corrected chi connectivity index (χ2v) is 7.50. The number of nitrogens with zero attached hydrogens (tertiary/aromatic N) is 1. The highest BCUT2D eigenvalue weighted by molar-refractivity contribution is 7.99. The Morgan fingerprint density at radius 1 is 1.45 bits per heavy atom. The Bertz CT molecular complexity index is 381. The molecule has 0 aromatic heterocycles. The van der Waals surface area contributed by atoms with Gasteiger partial charge in [0.1, 0.15) is 6.04 Å². The Morgan fingerprint density at radius 2 is 2.20 bits per heavy atom. The summed E-state index contributed by atoms with van der Waals surface area (Å²) in [6, 6.07) is -0.513. The van der Waals surface area contributed by atoms with E-state index in [1.807, 2.05) is 25.6 Å². The number of carboxylic acid groups (broad SMARTS) is 1. The molecule has 2 aliphatic heterocycles. The lowest BCUT2D eigenvalue weighted by Gasteiger charge is -2.44. The van der Waals surface area contributed by atoms with Crippen LogP contribution in [0.5, 0.6) is 0 Å². The average molecular weight is 300 g/mol. The third-order valence-electron chi connectivity index (χ3n) is 4.25. The maximum absolute atomic E-state index is 12.5. The van der Waals surface area contributed by atoms with Gasteiger partial charge in [0.05, 0.1) is 0 Å². The molecule has 0 aliphatic carbocycles. The summed E-state index contributed by atoms with van der Waals surface area (Å²) in [7, 11) is 0. The predicted octanol–water partition coefficient (Wildman–Crippen LogP) is 1.18. The van der Waals surface area contributed by atoms with Crippen molar-refractivity contribution >= 4 is 23.6 Å². The fourth-order valence-corrected chi connectivity index (χ4v) is 4.16. The molecule has 2 aliphatic rings. The quantitative estimate of drug-likeness (QED) is 0.819. The van der Waals surface area contributed by atoms with Gasteiger partial charge >= 0.3 is 5.97 Å². The van der Waals surface area contributed by atoms with Crippen LogP contribution < -0.4 is 5.32 Å². The number of carbonyl (C=O) groups excluding carboxylic acids is 1. The van der Waals surface area contributed by atoms with Gasteiger partial charge in [-0.2, -0.15) is 11.8 Å². The van der Waals surface area contributed by atoms with Crippen LogP contribution in [0.25, 0.3) is 0 Å². The molecule has 0 spiro atoms. The van der Waals surface area contributed by atoms with Gasteiger partial charge in [-0.15, -0.1) is 0 Å². The highest BCUT2D eigenvalue weighted by atomic mass is 32.2. The number of carboxylic acids is 1. The maximum atomic E-state index is 12.5. The van der Waals surface area contributed by atoms with Gasteiger partial charge in [0.2, 0.25) is 5.91 Å². The lowest BCUT2D eigenvalue weighted by molar-refractivity contribution is -0.159. The summed E-state index contributed by atoms with van der Waals surface area (Å²) >= 11 is 1.85. The van der Waals surface area contributed by atoms with Gasteiger partial charge < -0.3 is 15.3 Å². The van der Waals surface area contributed by atoms with E-state index in [-0.39, 0.29) is 17.4 Å². The number of hydrogen-bond acceptors (Lipinski definition) is 4. The third kappa shape index (κ3) is 3.47. The van der Waals surface area contributed by atoms with Crippen LogP contribution in [0.4, 0.5) is 0 Å². The van der Waals surface area contributed by atoms with Crippen molar-refractivity contribution in [1.29, 1.82) is 0 Å². The van der Waals surface area contributed by atoms with Gasteiger partial charge in [0, 0.05) is 37.1 Å². The van der Waals surface area contributed by atoms with Gasteiger partial charge in [-0.3, -0.25) is 4.79 Å². The Kier molecular flexibility index (Phi) is 4.96. The van der Waals surface area contributed by atoms with Gasteiger partial charge in [-0.1, -0.05) is 13.8 Å². The summed E-state index contributed by atoms with van der Waals surface area (Å²) in [4.78, 5) is 25.6. The Morgan fingerprint density at radius 3 is 2.80 bits per heavy atom. The molecular formula is C14H24N2O3S. The van der Waals surface area contributed by atoms with Crippen molar-refractivity contribution in [3.8, 4) is 0 Å². The minimum absolute atomic E-state index is 0.0230. The SMILES string of the molecule is CC1(C)CCCN(C(=O)CC2CSCCN2)C1C(=O)O. The molecule has 2 rings (SSSR count). The second kappa shape index (κ2) is 6.35. The molecule has 2 saturated heterocycles. The molecule has 6 heteroatoms. The molecule has 0 aromatic rings. The summed E-state index contributed by atoms with van der Waals surface area (Å²) in [5.74, 6) is 1.11. The van der Waals surface area contributed by atoms with E-state index in [4.69, 9.17) is 0 Å². The number of amides is 1. The molecule has 0 bridgehead atoms. The first-order valence-corrected chi connectivity index (χ1v) is 8.41. The minimum Gasteiger partial charge on any atom is -0.480 e. The number of thioether (sulfide) groups is 1. The highest BCUT2D eigenvalue weighted by Gasteiger charge is 2.44. The predicted molar refractivity (Wildman–Crippen MR) is 79.9 cm³/mol. The normalized spacial score (nSPS) is 30.0. The molecule has 5 nitrogen and oxygen atoms in total. The zero-order valence-corrected chi connectivity index (χ0v) is 13.0.